The van der Waals surface area contributed by atoms with Crippen LogP contribution in [0.2, 0.25) is 0 Å². The van der Waals surface area contributed by atoms with Gasteiger partial charge in [-0.15, -0.1) is 0 Å². The van der Waals surface area contributed by atoms with Crippen LogP contribution in [-0.2, 0) is 4.74 Å². The summed E-state index contributed by atoms with van der Waals surface area (Å²) in [5.74, 6) is 5.61. The van der Waals surface area contributed by atoms with Crippen LogP contribution in [0.5, 0.6) is 0 Å². The second kappa shape index (κ2) is 7.27. The maximum Gasteiger partial charge on any atom is 0.129 e. The highest BCUT2D eigenvalue weighted by Crippen LogP contribution is 2.12. The van der Waals surface area contributed by atoms with Crippen LogP contribution in [-0.4, -0.2) is 39.4 Å². The van der Waals surface area contributed by atoms with E-state index in [2.05, 4.69) is 24.5 Å². The summed E-state index contributed by atoms with van der Waals surface area (Å²) in [7, 11) is 0. The van der Waals surface area contributed by atoms with E-state index in [1.807, 2.05) is 13.8 Å². The molecule has 0 amide bonds. The topological polar surface area (TPSA) is 49.7 Å². The molecule has 0 unspecified atom stereocenters. The molecule has 0 bridgehead atoms. The Labute approximate surface area is 110 Å². The Morgan fingerprint density at radius 3 is 2.18 bits per heavy atom. The number of aliphatic hydroxyl groups excluding tert-OH is 1. The summed E-state index contributed by atoms with van der Waals surface area (Å²) in [6.07, 6.45) is -0.284. The van der Waals surface area contributed by atoms with Gasteiger partial charge in [0, 0.05) is 5.25 Å². The van der Waals surface area contributed by atoms with Gasteiger partial charge in [-0.3, -0.25) is 0 Å². The third-order valence-corrected chi connectivity index (χ3v) is 2.28. The van der Waals surface area contributed by atoms with E-state index in [0.717, 1.165) is 0 Å². The quantitative estimate of drug-likeness (QED) is 0.520. The van der Waals surface area contributed by atoms with Gasteiger partial charge in [-0.1, -0.05) is 18.8 Å². The SMILES string of the molecule is C[C@H](O)C[C@H](C)O[C@@H](C#CC(C)(C)O)[C@@H](C)S. The van der Waals surface area contributed by atoms with E-state index < -0.39 is 11.7 Å². The fourth-order valence-electron chi connectivity index (χ4n) is 1.30. The van der Waals surface area contributed by atoms with Crippen molar-refractivity contribution in [1.82, 2.24) is 0 Å². The molecule has 2 N–H and O–H groups in total. The molecule has 0 saturated carbocycles. The van der Waals surface area contributed by atoms with Gasteiger partial charge in [-0.2, -0.15) is 12.6 Å². The Morgan fingerprint density at radius 1 is 1.29 bits per heavy atom. The molecule has 4 heteroatoms. The van der Waals surface area contributed by atoms with Crippen LogP contribution in [0.3, 0.4) is 0 Å². The third-order valence-electron chi connectivity index (χ3n) is 2.01. The summed E-state index contributed by atoms with van der Waals surface area (Å²) < 4.78 is 5.70. The van der Waals surface area contributed by atoms with Gasteiger partial charge in [0.1, 0.15) is 11.7 Å². The molecule has 0 aromatic rings. The first-order chi connectivity index (χ1) is 7.61. The second-order valence-corrected chi connectivity index (χ2v) is 5.84. The predicted octanol–water partition coefficient (Wildman–Crippen LogP) is 1.62. The van der Waals surface area contributed by atoms with Gasteiger partial charge in [0.05, 0.1) is 12.2 Å². The summed E-state index contributed by atoms with van der Waals surface area (Å²) in [4.78, 5) is 0. The molecule has 0 aliphatic heterocycles. The fraction of sp³-hybridized carbons (Fsp3) is 0.846. The van der Waals surface area contributed by atoms with E-state index in [1.54, 1.807) is 20.8 Å². The van der Waals surface area contributed by atoms with Crippen LogP contribution < -0.4 is 0 Å². The maximum atomic E-state index is 9.53. The van der Waals surface area contributed by atoms with Gasteiger partial charge in [0.15, 0.2) is 0 Å². The largest absolute Gasteiger partial charge is 0.393 e. The van der Waals surface area contributed by atoms with E-state index in [1.165, 1.54) is 0 Å². The maximum absolute atomic E-state index is 9.53. The highest BCUT2D eigenvalue weighted by atomic mass is 32.1. The minimum absolute atomic E-state index is 0.0544. The first kappa shape index (κ1) is 16.8. The lowest BCUT2D eigenvalue weighted by molar-refractivity contribution is 0.00238. The number of hydrogen-bond acceptors (Lipinski definition) is 4. The first-order valence-electron chi connectivity index (χ1n) is 5.88. The minimum atomic E-state index is -1.03. The van der Waals surface area contributed by atoms with Crippen molar-refractivity contribution in [1.29, 1.82) is 0 Å². The predicted molar refractivity (Wildman–Crippen MR) is 73.2 cm³/mol. The smallest absolute Gasteiger partial charge is 0.129 e. The Hall–Kier alpha value is -0.210. The van der Waals surface area contributed by atoms with Crippen LogP contribution >= 0.6 is 12.6 Å². The third kappa shape index (κ3) is 9.49. The van der Waals surface area contributed by atoms with Crippen LogP contribution in [0.25, 0.3) is 0 Å². The monoisotopic (exact) mass is 260 g/mol. The van der Waals surface area contributed by atoms with Crippen molar-refractivity contribution < 1.29 is 14.9 Å². The molecule has 3 nitrogen and oxygen atoms in total. The molecule has 0 aliphatic carbocycles. The van der Waals surface area contributed by atoms with Crippen LogP contribution in [0.1, 0.15) is 41.0 Å². The molecule has 0 aromatic heterocycles. The summed E-state index contributed by atoms with van der Waals surface area (Å²) >= 11 is 4.32. The number of aliphatic hydroxyl groups is 2. The molecule has 0 rings (SSSR count). The van der Waals surface area contributed by atoms with Crippen LogP contribution in [0, 0.1) is 11.8 Å². The highest BCUT2D eigenvalue weighted by molar-refractivity contribution is 7.81. The number of thiol groups is 1. The van der Waals surface area contributed by atoms with Crippen molar-refractivity contribution in [2.24, 2.45) is 0 Å². The first-order valence-corrected chi connectivity index (χ1v) is 6.40. The number of hydrogen-bond donors (Lipinski definition) is 3. The molecule has 4 atom stereocenters. The average molecular weight is 260 g/mol. The van der Waals surface area contributed by atoms with Gasteiger partial charge in [-0.05, 0) is 34.1 Å². The second-order valence-electron chi connectivity index (χ2n) is 5.02. The van der Waals surface area contributed by atoms with E-state index in [9.17, 15) is 10.2 Å². The zero-order valence-corrected chi connectivity index (χ0v) is 12.2. The van der Waals surface area contributed by atoms with Crippen LogP contribution in [0.15, 0.2) is 0 Å². The molecule has 100 valence electrons. The molecule has 0 aliphatic rings. The molecule has 0 fully saturated rings. The molecule has 0 heterocycles. The van der Waals surface area contributed by atoms with Crippen LogP contribution in [0.4, 0.5) is 0 Å². The zero-order valence-electron chi connectivity index (χ0n) is 11.3. The average Bonchev–Trinajstić information content (AvgIpc) is 2.08. The molecular formula is C13H24O3S. The molecular weight excluding hydrogens is 236 g/mol. The normalized spacial score (nSPS) is 18.8. The molecule has 0 radical (unpaired) electrons. The Morgan fingerprint density at radius 2 is 1.82 bits per heavy atom. The van der Waals surface area contributed by atoms with Crippen molar-refractivity contribution >= 4 is 12.6 Å². The standard InChI is InChI=1S/C13H24O3S/c1-9(14)8-10(2)16-12(11(3)17)6-7-13(4,5)15/h9-12,14-15,17H,8H2,1-5H3/t9-,10-,11+,12-/m0/s1. The van der Waals surface area contributed by atoms with Crippen molar-refractivity contribution in [2.45, 2.75) is 70.2 Å². The van der Waals surface area contributed by atoms with Gasteiger partial charge in [0.25, 0.3) is 0 Å². The van der Waals surface area contributed by atoms with Gasteiger partial charge in [0.2, 0.25) is 0 Å². The molecule has 0 spiro atoms. The van der Waals surface area contributed by atoms with Crippen molar-refractivity contribution in [3.05, 3.63) is 0 Å². The Kier molecular flexibility index (Phi) is 7.18. The molecule has 0 saturated heterocycles. The van der Waals surface area contributed by atoms with Crippen molar-refractivity contribution in [2.75, 3.05) is 0 Å². The lowest BCUT2D eigenvalue weighted by Gasteiger charge is -2.22. The summed E-state index contributed by atoms with van der Waals surface area (Å²) in [6, 6.07) is 0. The van der Waals surface area contributed by atoms with Gasteiger partial charge < -0.3 is 14.9 Å². The zero-order chi connectivity index (χ0) is 13.6. The lowest BCUT2D eigenvalue weighted by Crippen LogP contribution is -2.28. The van der Waals surface area contributed by atoms with Gasteiger partial charge in [-0.25, -0.2) is 0 Å². The number of rotatable bonds is 5. The van der Waals surface area contributed by atoms with E-state index in [4.69, 9.17) is 4.74 Å². The summed E-state index contributed by atoms with van der Waals surface area (Å²) in [6.45, 7) is 8.75. The summed E-state index contributed by atoms with van der Waals surface area (Å²) in [5.41, 5.74) is -1.03. The Bertz CT molecular complexity index is 271. The van der Waals surface area contributed by atoms with Gasteiger partial charge >= 0.3 is 0 Å². The fourth-order valence-corrected chi connectivity index (χ4v) is 1.45. The van der Waals surface area contributed by atoms with E-state index in [-0.39, 0.29) is 17.5 Å². The van der Waals surface area contributed by atoms with E-state index in [0.29, 0.717) is 6.42 Å². The molecule has 17 heavy (non-hydrogen) atoms. The number of ether oxygens (including phenoxy) is 1. The van der Waals surface area contributed by atoms with Crippen molar-refractivity contribution in [3.8, 4) is 11.8 Å². The Balaban J connectivity index is 4.49. The lowest BCUT2D eigenvalue weighted by atomic mass is 10.1. The molecule has 0 aromatic carbocycles. The summed E-state index contributed by atoms with van der Waals surface area (Å²) in [5, 5.41) is 18.7. The highest BCUT2D eigenvalue weighted by Gasteiger charge is 2.17. The van der Waals surface area contributed by atoms with Crippen molar-refractivity contribution in [3.63, 3.8) is 0 Å². The van der Waals surface area contributed by atoms with E-state index >= 15 is 0 Å². The minimum Gasteiger partial charge on any atom is -0.393 e.